The zero-order valence-electron chi connectivity index (χ0n) is 13.4. The third-order valence-electron chi connectivity index (χ3n) is 4.35. The van der Waals surface area contributed by atoms with Gasteiger partial charge in [0.15, 0.2) is 0 Å². The summed E-state index contributed by atoms with van der Waals surface area (Å²) in [6, 6.07) is 11.6. The highest BCUT2D eigenvalue weighted by Crippen LogP contribution is 2.24. The van der Waals surface area contributed by atoms with Gasteiger partial charge in [0, 0.05) is 30.9 Å². The smallest absolute Gasteiger partial charge is 0.292 e. The van der Waals surface area contributed by atoms with Crippen molar-refractivity contribution in [2.45, 2.75) is 19.4 Å². The van der Waals surface area contributed by atoms with Gasteiger partial charge in [-0.25, -0.2) is 0 Å². The average Bonchev–Trinajstić information content (AvgIpc) is 3.35. The van der Waals surface area contributed by atoms with Crippen molar-refractivity contribution in [2.75, 3.05) is 13.1 Å². The molecule has 6 nitrogen and oxygen atoms in total. The van der Waals surface area contributed by atoms with Gasteiger partial charge in [0.1, 0.15) is 5.69 Å². The summed E-state index contributed by atoms with van der Waals surface area (Å²) >= 11 is 0. The summed E-state index contributed by atoms with van der Waals surface area (Å²) in [6.45, 7) is 3.35. The topological polar surface area (TPSA) is 64.2 Å². The molecule has 0 radical (unpaired) electrons. The molecule has 1 aromatic carbocycles. The minimum absolute atomic E-state index is 0.115. The number of carbonyl (C=O) groups is 1. The van der Waals surface area contributed by atoms with Gasteiger partial charge in [-0.1, -0.05) is 35.5 Å². The second kappa shape index (κ2) is 5.96. The van der Waals surface area contributed by atoms with E-state index in [1.807, 2.05) is 54.3 Å². The summed E-state index contributed by atoms with van der Waals surface area (Å²) < 4.78 is 7.22. The second-order valence-corrected chi connectivity index (χ2v) is 6.13. The van der Waals surface area contributed by atoms with Crippen LogP contribution in [0.3, 0.4) is 0 Å². The number of hydrogen-bond donors (Lipinski definition) is 0. The number of benzene rings is 1. The molecule has 1 aliphatic heterocycles. The molecule has 0 aliphatic carbocycles. The molecular formula is C18H18N4O2. The van der Waals surface area contributed by atoms with Crippen molar-refractivity contribution in [3.05, 3.63) is 60.1 Å². The largest absolute Gasteiger partial charge is 0.350 e. The first-order chi connectivity index (χ1) is 11.7. The maximum atomic E-state index is 12.6. The molecule has 3 aromatic rings. The summed E-state index contributed by atoms with van der Waals surface area (Å²) in [5.74, 6) is 0.169. The predicted octanol–water partition coefficient (Wildman–Crippen LogP) is 2.93. The van der Waals surface area contributed by atoms with Gasteiger partial charge in [0.05, 0.1) is 12.2 Å². The van der Waals surface area contributed by atoms with Crippen LogP contribution in [0.2, 0.25) is 0 Å². The Balaban J connectivity index is 1.48. The van der Waals surface area contributed by atoms with Crippen molar-refractivity contribution >= 4 is 5.91 Å². The van der Waals surface area contributed by atoms with Crippen molar-refractivity contribution in [1.29, 1.82) is 0 Å². The number of rotatable bonds is 3. The molecule has 0 spiro atoms. The third kappa shape index (κ3) is 2.71. The lowest BCUT2D eigenvalue weighted by Crippen LogP contribution is -2.28. The maximum absolute atomic E-state index is 12.6. The lowest BCUT2D eigenvalue weighted by Gasteiger charge is -2.14. The quantitative estimate of drug-likeness (QED) is 0.744. The van der Waals surface area contributed by atoms with Gasteiger partial charge in [-0.05, 0) is 18.9 Å². The van der Waals surface area contributed by atoms with E-state index in [2.05, 4.69) is 10.3 Å². The van der Waals surface area contributed by atoms with Crippen LogP contribution in [0.15, 0.2) is 53.3 Å². The Labute approximate surface area is 139 Å². The number of aryl methyl sites for hydroxylation is 1. The van der Waals surface area contributed by atoms with E-state index in [0.717, 1.165) is 17.5 Å². The van der Waals surface area contributed by atoms with Gasteiger partial charge in [-0.15, -0.1) is 0 Å². The van der Waals surface area contributed by atoms with E-state index in [4.69, 9.17) is 4.52 Å². The number of hydrogen-bond acceptors (Lipinski definition) is 4. The van der Waals surface area contributed by atoms with Crippen molar-refractivity contribution in [2.24, 2.45) is 0 Å². The molecule has 3 heterocycles. The summed E-state index contributed by atoms with van der Waals surface area (Å²) in [5.41, 5.74) is 2.74. The molecule has 24 heavy (non-hydrogen) atoms. The Morgan fingerprint density at radius 2 is 2.12 bits per heavy atom. The minimum atomic E-state index is -0.115. The highest BCUT2D eigenvalue weighted by atomic mass is 16.5. The lowest BCUT2D eigenvalue weighted by atomic mass is 10.1. The first kappa shape index (κ1) is 14.7. The van der Waals surface area contributed by atoms with Gasteiger partial charge in [0.2, 0.25) is 5.76 Å². The normalized spacial score (nSPS) is 17.4. The van der Waals surface area contributed by atoms with Gasteiger partial charge < -0.3 is 9.42 Å². The van der Waals surface area contributed by atoms with Crippen LogP contribution in [-0.4, -0.2) is 38.8 Å². The summed E-state index contributed by atoms with van der Waals surface area (Å²) in [5, 5.41) is 8.37. The first-order valence-corrected chi connectivity index (χ1v) is 8.03. The maximum Gasteiger partial charge on any atom is 0.292 e. The number of amides is 1. The first-order valence-electron chi connectivity index (χ1n) is 8.03. The van der Waals surface area contributed by atoms with Crippen LogP contribution in [0.4, 0.5) is 0 Å². The van der Waals surface area contributed by atoms with Crippen molar-refractivity contribution < 1.29 is 9.32 Å². The summed E-state index contributed by atoms with van der Waals surface area (Å²) in [6.07, 6.45) is 4.75. The molecule has 1 unspecified atom stereocenters. The molecule has 1 aliphatic rings. The van der Waals surface area contributed by atoms with Crippen LogP contribution >= 0.6 is 0 Å². The van der Waals surface area contributed by atoms with E-state index in [1.54, 1.807) is 11.0 Å². The predicted molar refractivity (Wildman–Crippen MR) is 88.5 cm³/mol. The van der Waals surface area contributed by atoms with Crippen LogP contribution in [-0.2, 0) is 0 Å². The highest BCUT2D eigenvalue weighted by molar-refractivity contribution is 5.92. The lowest BCUT2D eigenvalue weighted by molar-refractivity contribution is 0.0745. The van der Waals surface area contributed by atoms with Gasteiger partial charge >= 0.3 is 0 Å². The molecule has 6 heteroatoms. The summed E-state index contributed by atoms with van der Waals surface area (Å²) in [7, 11) is 0. The molecule has 1 fully saturated rings. The molecule has 0 saturated carbocycles. The Hall–Kier alpha value is -2.89. The highest BCUT2D eigenvalue weighted by Gasteiger charge is 2.30. The van der Waals surface area contributed by atoms with Gasteiger partial charge in [0.25, 0.3) is 5.91 Å². The molecule has 1 amide bonds. The number of carbonyl (C=O) groups excluding carboxylic acids is 1. The van der Waals surface area contributed by atoms with E-state index in [9.17, 15) is 4.79 Å². The van der Waals surface area contributed by atoms with Crippen molar-refractivity contribution in [3.8, 4) is 11.3 Å². The molecule has 1 saturated heterocycles. The standard InChI is InChI=1S/C18H18N4O2/c1-13-10-19-22(11-13)15-7-8-21(12-15)18(23)17-9-16(20-24-17)14-5-3-2-4-6-14/h2-6,9-11,15H,7-8,12H2,1H3. The Morgan fingerprint density at radius 3 is 2.88 bits per heavy atom. The van der Waals surface area contributed by atoms with E-state index in [1.165, 1.54) is 0 Å². The second-order valence-electron chi connectivity index (χ2n) is 6.13. The molecule has 2 aromatic heterocycles. The van der Waals surface area contributed by atoms with E-state index in [0.29, 0.717) is 18.8 Å². The molecule has 0 bridgehead atoms. The van der Waals surface area contributed by atoms with Gasteiger partial charge in [-0.2, -0.15) is 5.10 Å². The van der Waals surface area contributed by atoms with Crippen LogP contribution in [0, 0.1) is 6.92 Å². The monoisotopic (exact) mass is 322 g/mol. The van der Waals surface area contributed by atoms with Crippen LogP contribution in [0.1, 0.15) is 28.6 Å². The zero-order valence-corrected chi connectivity index (χ0v) is 13.4. The number of nitrogens with zero attached hydrogens (tertiary/aromatic N) is 4. The fourth-order valence-electron chi connectivity index (χ4n) is 3.05. The van der Waals surface area contributed by atoms with Crippen LogP contribution in [0.5, 0.6) is 0 Å². The molecule has 4 rings (SSSR count). The van der Waals surface area contributed by atoms with Crippen LogP contribution < -0.4 is 0 Å². The van der Waals surface area contributed by atoms with E-state index < -0.39 is 0 Å². The molecule has 122 valence electrons. The van der Waals surface area contributed by atoms with Crippen LogP contribution in [0.25, 0.3) is 11.3 Å². The average molecular weight is 322 g/mol. The Morgan fingerprint density at radius 1 is 1.29 bits per heavy atom. The molecule has 0 N–H and O–H groups in total. The minimum Gasteiger partial charge on any atom is -0.350 e. The number of likely N-dealkylation sites (tertiary alicyclic amines) is 1. The van der Waals surface area contributed by atoms with Crippen molar-refractivity contribution in [3.63, 3.8) is 0 Å². The fourth-order valence-corrected chi connectivity index (χ4v) is 3.05. The molecule has 1 atom stereocenters. The van der Waals surface area contributed by atoms with Crippen molar-refractivity contribution in [1.82, 2.24) is 19.8 Å². The van der Waals surface area contributed by atoms with E-state index >= 15 is 0 Å². The van der Waals surface area contributed by atoms with E-state index in [-0.39, 0.29) is 17.7 Å². The summed E-state index contributed by atoms with van der Waals surface area (Å²) in [4.78, 5) is 14.4. The third-order valence-corrected chi connectivity index (χ3v) is 4.35. The SMILES string of the molecule is Cc1cnn(C2CCN(C(=O)c3cc(-c4ccccc4)no3)C2)c1. The molecular weight excluding hydrogens is 304 g/mol. The Bertz CT molecular complexity index is 853. The zero-order chi connectivity index (χ0) is 16.5. The Kier molecular flexibility index (Phi) is 3.65. The van der Waals surface area contributed by atoms with Gasteiger partial charge in [-0.3, -0.25) is 9.48 Å². The number of aromatic nitrogens is 3. The fraction of sp³-hybridized carbons (Fsp3) is 0.278.